The Morgan fingerprint density at radius 1 is 1.86 bits per heavy atom. The van der Waals surface area contributed by atoms with E-state index >= 15 is 0 Å². The third-order valence-electron chi connectivity index (χ3n) is 0.345. The smallest absolute Gasteiger partial charge is 0.0578 e. The van der Waals surface area contributed by atoms with Crippen LogP contribution in [0.5, 0.6) is 0 Å². The molecule has 0 radical (unpaired) electrons. The molecule has 0 spiro atoms. The Labute approximate surface area is 61.9 Å². The van der Waals surface area contributed by atoms with Gasteiger partial charge in [-0.1, -0.05) is 22.6 Å². The fourth-order valence-electron chi connectivity index (χ4n) is 0.154. The van der Waals surface area contributed by atoms with E-state index < -0.39 is 0 Å². The van der Waals surface area contributed by atoms with E-state index in [1.165, 1.54) is 0 Å². The fraction of sp³-hybridized carbons (Fsp3) is 0.500. The van der Waals surface area contributed by atoms with Crippen molar-refractivity contribution in [2.24, 2.45) is 5.73 Å². The van der Waals surface area contributed by atoms with Crippen LogP contribution in [0.3, 0.4) is 0 Å². The van der Waals surface area contributed by atoms with Crippen LogP contribution in [0.25, 0.3) is 0 Å². The maximum atomic E-state index is 5.07. The third kappa shape index (κ3) is 6.62. The Kier molecular flexibility index (Phi) is 5.19. The van der Waals surface area contributed by atoms with Crippen molar-refractivity contribution < 1.29 is 0 Å². The molecule has 0 bridgehead atoms. The summed E-state index contributed by atoms with van der Waals surface area (Å²) in [5.41, 5.74) is 5.07. The number of alkyl halides is 1. The van der Waals surface area contributed by atoms with Gasteiger partial charge in [-0.3, -0.25) is 0 Å². The molecule has 0 amide bonds. The minimum Gasteiger partial charge on any atom is -0.404 e. The van der Waals surface area contributed by atoms with Crippen molar-refractivity contribution in [3.63, 3.8) is 0 Å². The molecule has 0 heterocycles. The van der Waals surface area contributed by atoms with E-state index in [1.807, 2.05) is 5.41 Å². The summed E-state index contributed by atoms with van der Waals surface area (Å²) < 4.78 is 0.623. The summed E-state index contributed by atoms with van der Waals surface area (Å²) in [6, 6.07) is 0. The zero-order chi connectivity index (χ0) is 5.70. The second-order valence-corrected chi connectivity index (χ2v) is 4.97. The highest BCUT2D eigenvalue weighted by Crippen LogP contribution is 2.16. The van der Waals surface area contributed by atoms with Crippen molar-refractivity contribution >= 4 is 34.4 Å². The highest BCUT2D eigenvalue weighted by molar-refractivity contribution is 14.1. The summed E-state index contributed by atoms with van der Waals surface area (Å²) in [7, 11) is 0. The molecule has 0 rings (SSSR count). The molecule has 0 fully saturated rings. The number of hydrogen-bond donors (Lipinski definition) is 1. The second-order valence-electron chi connectivity index (χ2n) is 1.01. The Balaban J connectivity index is 2.97. The normalized spacial score (nSPS) is 15.1. The van der Waals surface area contributed by atoms with Gasteiger partial charge in [-0.15, -0.1) is 11.8 Å². The van der Waals surface area contributed by atoms with Gasteiger partial charge >= 0.3 is 0 Å². The lowest BCUT2D eigenvalue weighted by molar-refractivity contribution is 1.48. The van der Waals surface area contributed by atoms with Crippen molar-refractivity contribution in [1.29, 1.82) is 0 Å². The lowest BCUT2D eigenvalue weighted by Gasteiger charge is -1.91. The number of halogens is 1. The summed E-state index contributed by atoms with van der Waals surface area (Å²) >= 11 is 4.03. The molecule has 0 aliphatic rings. The fourth-order valence-corrected chi connectivity index (χ4v) is 0.969. The molecule has 42 valence electrons. The van der Waals surface area contributed by atoms with Crippen LogP contribution in [0.4, 0.5) is 0 Å². The number of hydrogen-bond acceptors (Lipinski definition) is 2. The van der Waals surface area contributed by atoms with Gasteiger partial charge < -0.3 is 5.73 Å². The lowest BCUT2D eigenvalue weighted by Crippen LogP contribution is -1.77. The van der Waals surface area contributed by atoms with Crippen molar-refractivity contribution in [2.75, 3.05) is 0 Å². The van der Waals surface area contributed by atoms with Crippen LogP contribution in [-0.2, 0) is 0 Å². The van der Waals surface area contributed by atoms with Gasteiger partial charge in [0.2, 0.25) is 0 Å². The SMILES string of the molecule is CC(I)S/C=C\N. The maximum Gasteiger partial charge on any atom is 0.0578 e. The predicted octanol–water partition coefficient (Wildman–Crippen LogP) is 1.93. The van der Waals surface area contributed by atoms with Crippen molar-refractivity contribution in [1.82, 2.24) is 0 Å². The van der Waals surface area contributed by atoms with E-state index in [0.717, 1.165) is 0 Å². The van der Waals surface area contributed by atoms with E-state index in [0.29, 0.717) is 3.26 Å². The summed E-state index contributed by atoms with van der Waals surface area (Å²) in [4.78, 5) is 0. The highest BCUT2D eigenvalue weighted by atomic mass is 127. The first-order valence-electron chi connectivity index (χ1n) is 1.93. The van der Waals surface area contributed by atoms with Crippen molar-refractivity contribution in [3.05, 3.63) is 11.6 Å². The highest BCUT2D eigenvalue weighted by Gasteiger charge is 1.86. The van der Waals surface area contributed by atoms with E-state index in [9.17, 15) is 0 Å². The van der Waals surface area contributed by atoms with E-state index in [-0.39, 0.29) is 0 Å². The molecular formula is C4H8INS. The van der Waals surface area contributed by atoms with E-state index in [2.05, 4.69) is 29.5 Å². The van der Waals surface area contributed by atoms with Crippen LogP contribution in [0.15, 0.2) is 11.6 Å². The monoisotopic (exact) mass is 229 g/mol. The van der Waals surface area contributed by atoms with Gasteiger partial charge in [-0.25, -0.2) is 0 Å². The second kappa shape index (κ2) is 4.77. The largest absolute Gasteiger partial charge is 0.404 e. The predicted molar refractivity (Wildman–Crippen MR) is 44.4 cm³/mol. The molecule has 7 heavy (non-hydrogen) atoms. The first-order valence-corrected chi connectivity index (χ1v) is 4.12. The molecule has 1 atom stereocenters. The molecule has 1 unspecified atom stereocenters. The minimum atomic E-state index is 0.623. The van der Waals surface area contributed by atoms with Crippen LogP contribution in [0, 0.1) is 0 Å². The van der Waals surface area contributed by atoms with E-state index in [4.69, 9.17) is 5.73 Å². The van der Waals surface area contributed by atoms with Crippen LogP contribution in [-0.4, -0.2) is 3.26 Å². The first-order chi connectivity index (χ1) is 3.27. The molecule has 0 saturated heterocycles. The summed E-state index contributed by atoms with van der Waals surface area (Å²) in [5, 5.41) is 1.89. The summed E-state index contributed by atoms with van der Waals surface area (Å²) in [6.45, 7) is 2.12. The molecule has 3 heteroatoms. The van der Waals surface area contributed by atoms with Gasteiger partial charge in [0.25, 0.3) is 0 Å². The average molecular weight is 229 g/mol. The van der Waals surface area contributed by atoms with Gasteiger partial charge in [-0.2, -0.15) is 0 Å². The molecular weight excluding hydrogens is 221 g/mol. The number of rotatable bonds is 2. The zero-order valence-corrected chi connectivity index (χ0v) is 7.07. The van der Waals surface area contributed by atoms with Crippen LogP contribution >= 0.6 is 34.4 Å². The standard InChI is InChI=1S/C4H8INS/c1-4(5)7-3-2-6/h2-4H,6H2,1H3/b3-2-. The molecule has 0 aromatic rings. The Bertz CT molecular complexity index is 62.7. The van der Waals surface area contributed by atoms with Gasteiger partial charge in [0.1, 0.15) is 0 Å². The molecule has 0 aliphatic carbocycles. The summed E-state index contributed by atoms with van der Waals surface area (Å²) in [6.07, 6.45) is 1.56. The average Bonchev–Trinajstić information content (AvgIpc) is 1.61. The van der Waals surface area contributed by atoms with Gasteiger partial charge in [-0.05, 0) is 12.3 Å². The molecule has 0 aromatic heterocycles. The zero-order valence-electron chi connectivity index (χ0n) is 4.10. The van der Waals surface area contributed by atoms with Crippen LogP contribution in [0.1, 0.15) is 6.92 Å². The maximum absolute atomic E-state index is 5.07. The van der Waals surface area contributed by atoms with Crippen LogP contribution < -0.4 is 5.73 Å². The summed E-state index contributed by atoms with van der Waals surface area (Å²) in [5.74, 6) is 0. The Morgan fingerprint density at radius 3 is 2.57 bits per heavy atom. The topological polar surface area (TPSA) is 26.0 Å². The minimum absolute atomic E-state index is 0.623. The Morgan fingerprint density at radius 2 is 2.43 bits per heavy atom. The van der Waals surface area contributed by atoms with Gasteiger partial charge in [0.05, 0.1) is 3.26 Å². The quantitative estimate of drug-likeness (QED) is 0.578. The van der Waals surface area contributed by atoms with Crippen molar-refractivity contribution in [3.8, 4) is 0 Å². The van der Waals surface area contributed by atoms with E-state index in [1.54, 1.807) is 18.0 Å². The molecule has 2 N–H and O–H groups in total. The number of nitrogens with two attached hydrogens (primary N) is 1. The van der Waals surface area contributed by atoms with Gasteiger partial charge in [0, 0.05) is 6.20 Å². The van der Waals surface area contributed by atoms with Crippen LogP contribution in [0.2, 0.25) is 0 Å². The molecule has 0 saturated carbocycles. The molecule has 0 aliphatic heterocycles. The Hall–Kier alpha value is 0.620. The van der Waals surface area contributed by atoms with Gasteiger partial charge in [0.15, 0.2) is 0 Å². The molecule has 0 aromatic carbocycles. The third-order valence-corrected chi connectivity index (χ3v) is 1.91. The lowest BCUT2D eigenvalue weighted by atomic mass is 11.0. The van der Waals surface area contributed by atoms with Crippen molar-refractivity contribution in [2.45, 2.75) is 10.2 Å². The number of thioether (sulfide) groups is 1. The molecule has 1 nitrogen and oxygen atoms in total. The first kappa shape index (κ1) is 7.62.